The maximum absolute atomic E-state index is 12.6. The Hall–Kier alpha value is -1.62. The molecule has 5 unspecified atom stereocenters. The van der Waals surface area contributed by atoms with Crippen LogP contribution in [0.1, 0.15) is 24.9 Å². The van der Waals surface area contributed by atoms with E-state index in [9.17, 15) is 14.7 Å². The van der Waals surface area contributed by atoms with Gasteiger partial charge in [-0.25, -0.2) is 0 Å². The monoisotopic (exact) mass is 363 g/mol. The number of rotatable bonds is 4. The summed E-state index contributed by atoms with van der Waals surface area (Å²) in [4.78, 5) is 24.1. The van der Waals surface area contributed by atoms with Crippen molar-refractivity contribution in [2.75, 3.05) is 0 Å². The summed E-state index contributed by atoms with van der Waals surface area (Å²) in [5.74, 6) is -2.02. The first-order valence-electron chi connectivity index (χ1n) is 7.44. The third kappa shape index (κ3) is 2.70. The zero-order chi connectivity index (χ0) is 15.9. The third-order valence-corrected chi connectivity index (χ3v) is 5.25. The summed E-state index contributed by atoms with van der Waals surface area (Å²) in [6.45, 7) is 1.92. The largest absolute Gasteiger partial charge is 0.481 e. The van der Waals surface area contributed by atoms with Crippen molar-refractivity contribution in [3.63, 3.8) is 0 Å². The lowest BCUT2D eigenvalue weighted by Crippen LogP contribution is -2.41. The maximum Gasteiger partial charge on any atom is 0.307 e. The number of halogens is 1. The molecule has 116 valence electrons. The quantitative estimate of drug-likeness (QED) is 0.807. The van der Waals surface area contributed by atoms with Crippen LogP contribution in [-0.4, -0.2) is 17.0 Å². The second-order valence-electron chi connectivity index (χ2n) is 6.12. The van der Waals surface area contributed by atoms with E-state index in [4.69, 9.17) is 0 Å². The van der Waals surface area contributed by atoms with Crippen LogP contribution in [0, 0.1) is 23.7 Å². The number of benzene rings is 1. The number of fused-ring (bicyclic) bond motifs is 2. The van der Waals surface area contributed by atoms with Gasteiger partial charge in [0.1, 0.15) is 0 Å². The molecule has 2 N–H and O–H groups in total. The van der Waals surface area contributed by atoms with Crippen molar-refractivity contribution in [2.45, 2.75) is 19.4 Å². The van der Waals surface area contributed by atoms with Crippen LogP contribution in [0.2, 0.25) is 0 Å². The molecule has 5 atom stereocenters. The van der Waals surface area contributed by atoms with E-state index in [0.717, 1.165) is 16.5 Å². The first kappa shape index (κ1) is 15.3. The molecule has 2 aliphatic rings. The highest BCUT2D eigenvalue weighted by Crippen LogP contribution is 2.48. The van der Waals surface area contributed by atoms with Gasteiger partial charge < -0.3 is 10.4 Å². The number of carboxylic acids is 1. The van der Waals surface area contributed by atoms with E-state index < -0.39 is 17.8 Å². The molecule has 2 aliphatic carbocycles. The molecule has 1 amide bonds. The first-order chi connectivity index (χ1) is 10.5. The molecule has 1 saturated carbocycles. The lowest BCUT2D eigenvalue weighted by Gasteiger charge is -2.26. The molecule has 0 saturated heterocycles. The number of carbonyl (C=O) groups excluding carboxylic acids is 1. The van der Waals surface area contributed by atoms with Gasteiger partial charge in [-0.1, -0.05) is 40.2 Å². The topological polar surface area (TPSA) is 66.4 Å². The van der Waals surface area contributed by atoms with Gasteiger partial charge in [0, 0.05) is 4.47 Å². The Morgan fingerprint density at radius 3 is 2.59 bits per heavy atom. The van der Waals surface area contributed by atoms with Crippen LogP contribution >= 0.6 is 15.9 Å². The molecule has 3 rings (SSSR count). The fourth-order valence-electron chi connectivity index (χ4n) is 3.69. The van der Waals surface area contributed by atoms with Gasteiger partial charge >= 0.3 is 5.97 Å². The van der Waals surface area contributed by atoms with E-state index in [1.807, 2.05) is 43.3 Å². The van der Waals surface area contributed by atoms with Gasteiger partial charge in [-0.3, -0.25) is 9.59 Å². The Kier molecular flexibility index (Phi) is 4.08. The van der Waals surface area contributed by atoms with Crippen molar-refractivity contribution in [2.24, 2.45) is 23.7 Å². The summed E-state index contributed by atoms with van der Waals surface area (Å²) in [7, 11) is 0. The van der Waals surface area contributed by atoms with E-state index in [1.54, 1.807) is 0 Å². The second kappa shape index (κ2) is 5.88. The summed E-state index contributed by atoms with van der Waals surface area (Å²) in [6.07, 6.45) is 4.73. The van der Waals surface area contributed by atoms with Crippen molar-refractivity contribution < 1.29 is 14.7 Å². The minimum Gasteiger partial charge on any atom is -0.481 e. The molecule has 22 heavy (non-hydrogen) atoms. The van der Waals surface area contributed by atoms with Gasteiger partial charge in [0.05, 0.1) is 17.9 Å². The van der Waals surface area contributed by atoms with Crippen LogP contribution in [0.3, 0.4) is 0 Å². The van der Waals surface area contributed by atoms with E-state index in [0.29, 0.717) is 0 Å². The molecule has 1 fully saturated rings. The number of amides is 1. The van der Waals surface area contributed by atoms with Crippen LogP contribution in [0.15, 0.2) is 40.9 Å². The fraction of sp³-hybridized carbons (Fsp3) is 0.412. The van der Waals surface area contributed by atoms with Crippen molar-refractivity contribution in [1.29, 1.82) is 0 Å². The van der Waals surface area contributed by atoms with Crippen LogP contribution in [0.25, 0.3) is 0 Å². The smallest absolute Gasteiger partial charge is 0.307 e. The summed E-state index contributed by atoms with van der Waals surface area (Å²) in [6, 6.07) is 7.61. The molecule has 0 aromatic heterocycles. The molecule has 1 aromatic rings. The molecule has 4 nitrogen and oxygen atoms in total. The highest BCUT2D eigenvalue weighted by molar-refractivity contribution is 9.10. The molecule has 0 aliphatic heterocycles. The fourth-order valence-corrected chi connectivity index (χ4v) is 4.10. The number of hydrogen-bond acceptors (Lipinski definition) is 2. The third-order valence-electron chi connectivity index (χ3n) is 4.75. The zero-order valence-corrected chi connectivity index (χ0v) is 13.8. The van der Waals surface area contributed by atoms with E-state index in [1.165, 1.54) is 0 Å². The summed E-state index contributed by atoms with van der Waals surface area (Å²) >= 11 is 3.42. The summed E-state index contributed by atoms with van der Waals surface area (Å²) in [5.41, 5.74) is 0.994. The Bertz CT molecular complexity index is 643. The Morgan fingerprint density at radius 2 is 1.95 bits per heavy atom. The first-order valence-corrected chi connectivity index (χ1v) is 8.23. The number of allylic oxidation sites excluding steroid dienone is 2. The standard InChI is InChI=1S/C17H18BrNO3/c1-9(10-3-2-4-13(18)8-10)19-16(20)14-11-5-6-12(7-11)15(14)17(21)22/h2-6,8-9,11-12,14-15H,7H2,1H3,(H,19,20)(H,21,22). The molecular formula is C17H18BrNO3. The average Bonchev–Trinajstić information content (AvgIpc) is 3.07. The number of nitrogens with one attached hydrogen (secondary N) is 1. The molecule has 1 aromatic carbocycles. The van der Waals surface area contributed by atoms with E-state index >= 15 is 0 Å². The molecule has 0 heterocycles. The second-order valence-corrected chi connectivity index (χ2v) is 7.04. The van der Waals surface area contributed by atoms with Gasteiger partial charge in [0.25, 0.3) is 0 Å². The SMILES string of the molecule is CC(NC(=O)C1C2C=CC(C2)C1C(=O)O)c1cccc(Br)c1. The lowest BCUT2D eigenvalue weighted by molar-refractivity contribution is -0.148. The molecule has 5 heteroatoms. The summed E-state index contributed by atoms with van der Waals surface area (Å²) in [5, 5.41) is 12.4. The van der Waals surface area contributed by atoms with Crippen LogP contribution in [-0.2, 0) is 9.59 Å². The minimum atomic E-state index is -0.868. The molecule has 0 spiro atoms. The highest BCUT2D eigenvalue weighted by Gasteiger charge is 2.51. The number of carbonyl (C=O) groups is 2. The van der Waals surface area contributed by atoms with Gasteiger partial charge in [0.2, 0.25) is 5.91 Å². The predicted molar refractivity (Wildman–Crippen MR) is 86.1 cm³/mol. The lowest BCUT2D eigenvalue weighted by atomic mass is 9.82. The minimum absolute atomic E-state index is 0.000532. The van der Waals surface area contributed by atoms with Crippen LogP contribution < -0.4 is 5.32 Å². The van der Waals surface area contributed by atoms with Gasteiger partial charge in [-0.05, 0) is 42.9 Å². The number of carboxylic acid groups (broad SMARTS) is 1. The highest BCUT2D eigenvalue weighted by atomic mass is 79.9. The molecule has 2 bridgehead atoms. The van der Waals surface area contributed by atoms with Gasteiger partial charge in [-0.2, -0.15) is 0 Å². The normalized spacial score (nSPS) is 30.3. The Labute approximate surface area is 137 Å². The average molecular weight is 364 g/mol. The predicted octanol–water partition coefficient (Wildman–Crippen LogP) is 3.15. The Morgan fingerprint density at radius 1 is 1.27 bits per heavy atom. The zero-order valence-electron chi connectivity index (χ0n) is 12.2. The van der Waals surface area contributed by atoms with Crippen LogP contribution in [0.4, 0.5) is 0 Å². The van der Waals surface area contributed by atoms with E-state index in [-0.39, 0.29) is 23.8 Å². The Balaban J connectivity index is 1.74. The van der Waals surface area contributed by atoms with Crippen molar-refractivity contribution in [3.8, 4) is 0 Å². The van der Waals surface area contributed by atoms with Crippen molar-refractivity contribution in [3.05, 3.63) is 46.5 Å². The van der Waals surface area contributed by atoms with Crippen molar-refractivity contribution in [1.82, 2.24) is 5.32 Å². The number of hydrogen-bond donors (Lipinski definition) is 2. The summed E-state index contributed by atoms with van der Waals surface area (Å²) < 4.78 is 0.956. The van der Waals surface area contributed by atoms with E-state index in [2.05, 4.69) is 21.2 Å². The van der Waals surface area contributed by atoms with Gasteiger partial charge in [-0.15, -0.1) is 0 Å². The van der Waals surface area contributed by atoms with Gasteiger partial charge in [0.15, 0.2) is 0 Å². The molecule has 0 radical (unpaired) electrons. The molecular weight excluding hydrogens is 346 g/mol. The number of aliphatic carboxylic acids is 1. The maximum atomic E-state index is 12.6. The van der Waals surface area contributed by atoms with Crippen molar-refractivity contribution >= 4 is 27.8 Å². The van der Waals surface area contributed by atoms with Crippen LogP contribution in [0.5, 0.6) is 0 Å².